The summed E-state index contributed by atoms with van der Waals surface area (Å²) in [6.45, 7) is 3.91. The van der Waals surface area contributed by atoms with Crippen molar-refractivity contribution < 1.29 is 15.0 Å². The highest BCUT2D eigenvalue weighted by atomic mass is 16.4. The molecule has 0 aromatic carbocycles. The van der Waals surface area contributed by atoms with E-state index in [1.807, 2.05) is 6.92 Å². The van der Waals surface area contributed by atoms with Crippen molar-refractivity contribution in [3.8, 4) is 5.75 Å². The molecule has 0 saturated heterocycles. The molecular weight excluding hydrogens is 198 g/mol. The second-order valence-corrected chi connectivity index (χ2v) is 3.29. The molecule has 0 bridgehead atoms. The number of nitrogens with zero attached hydrogens (tertiary/aromatic N) is 1. The SMILES string of the molecule is CCCn1c(C)cc([O-])c(C(=O)O)c1=O. The van der Waals surface area contributed by atoms with Crippen molar-refractivity contribution in [3.05, 3.63) is 27.7 Å². The fourth-order valence-corrected chi connectivity index (χ4v) is 1.44. The quantitative estimate of drug-likeness (QED) is 0.779. The maximum atomic E-state index is 11.6. The number of carboxylic acids is 1. The third-order valence-electron chi connectivity index (χ3n) is 2.13. The molecule has 5 nitrogen and oxygen atoms in total. The van der Waals surface area contributed by atoms with Gasteiger partial charge in [0.1, 0.15) is 5.56 Å². The largest absolute Gasteiger partial charge is 0.872 e. The Morgan fingerprint density at radius 2 is 2.20 bits per heavy atom. The van der Waals surface area contributed by atoms with Gasteiger partial charge in [-0.05, 0) is 19.4 Å². The van der Waals surface area contributed by atoms with E-state index in [0.717, 1.165) is 0 Å². The number of carboxylic acid groups (broad SMARTS) is 1. The van der Waals surface area contributed by atoms with Crippen LogP contribution in [0, 0.1) is 6.92 Å². The zero-order valence-electron chi connectivity index (χ0n) is 8.61. The summed E-state index contributed by atoms with van der Waals surface area (Å²) in [4.78, 5) is 22.3. The highest BCUT2D eigenvalue weighted by molar-refractivity contribution is 5.90. The molecule has 1 rings (SSSR count). The Morgan fingerprint density at radius 3 is 2.67 bits per heavy atom. The average molecular weight is 210 g/mol. The molecule has 0 aliphatic carbocycles. The van der Waals surface area contributed by atoms with E-state index in [1.165, 1.54) is 10.6 Å². The second kappa shape index (κ2) is 4.16. The molecule has 0 saturated carbocycles. The molecule has 0 fully saturated rings. The summed E-state index contributed by atoms with van der Waals surface area (Å²) in [5, 5.41) is 20.0. The molecule has 1 N–H and O–H groups in total. The van der Waals surface area contributed by atoms with Crippen LogP contribution in [0.1, 0.15) is 29.4 Å². The highest BCUT2D eigenvalue weighted by Gasteiger charge is 2.13. The first-order valence-corrected chi connectivity index (χ1v) is 4.63. The monoisotopic (exact) mass is 210 g/mol. The first-order chi connectivity index (χ1) is 6.99. The summed E-state index contributed by atoms with van der Waals surface area (Å²) in [6, 6.07) is 1.18. The molecule has 0 aliphatic rings. The van der Waals surface area contributed by atoms with E-state index in [1.54, 1.807) is 6.92 Å². The molecule has 1 aromatic heterocycles. The lowest BCUT2D eigenvalue weighted by atomic mass is 10.2. The van der Waals surface area contributed by atoms with Gasteiger partial charge in [-0.1, -0.05) is 12.7 Å². The molecule has 0 aliphatic heterocycles. The van der Waals surface area contributed by atoms with Crippen LogP contribution in [-0.4, -0.2) is 15.6 Å². The standard InChI is InChI=1S/C10H13NO4/c1-3-4-11-6(2)5-7(12)8(9(11)13)10(14)15/h5,12H,3-4H2,1-2H3,(H,14,15)/p-1. The third kappa shape index (κ3) is 2.01. The molecule has 0 radical (unpaired) electrons. The molecule has 82 valence electrons. The maximum absolute atomic E-state index is 11.6. The van der Waals surface area contributed by atoms with E-state index in [2.05, 4.69) is 0 Å². The predicted molar refractivity (Wildman–Crippen MR) is 52.1 cm³/mol. The minimum absolute atomic E-state index is 0.422. The fraction of sp³-hybridized carbons (Fsp3) is 0.400. The van der Waals surface area contributed by atoms with Gasteiger partial charge in [0.25, 0.3) is 5.56 Å². The Labute approximate surface area is 86.6 Å². The summed E-state index contributed by atoms with van der Waals surface area (Å²) in [5.74, 6) is -2.19. The van der Waals surface area contributed by atoms with Crippen molar-refractivity contribution in [3.63, 3.8) is 0 Å². The van der Waals surface area contributed by atoms with Gasteiger partial charge in [0.05, 0.1) is 0 Å². The molecule has 15 heavy (non-hydrogen) atoms. The van der Waals surface area contributed by atoms with E-state index in [0.29, 0.717) is 18.7 Å². The van der Waals surface area contributed by atoms with Gasteiger partial charge in [0, 0.05) is 12.2 Å². The van der Waals surface area contributed by atoms with Crippen LogP contribution in [0.2, 0.25) is 0 Å². The number of aryl methyl sites for hydroxylation is 1. The lowest BCUT2D eigenvalue weighted by Crippen LogP contribution is -2.29. The number of pyridine rings is 1. The van der Waals surface area contributed by atoms with E-state index >= 15 is 0 Å². The highest BCUT2D eigenvalue weighted by Crippen LogP contribution is 2.11. The van der Waals surface area contributed by atoms with Crippen LogP contribution in [0.4, 0.5) is 0 Å². The lowest BCUT2D eigenvalue weighted by Gasteiger charge is -2.15. The Bertz CT molecular complexity index is 447. The van der Waals surface area contributed by atoms with Crippen LogP contribution in [0.5, 0.6) is 5.75 Å². The van der Waals surface area contributed by atoms with Crippen LogP contribution in [-0.2, 0) is 6.54 Å². The molecule has 0 unspecified atom stereocenters. The van der Waals surface area contributed by atoms with Gasteiger partial charge in [0.2, 0.25) is 0 Å². The number of hydrogen-bond acceptors (Lipinski definition) is 3. The van der Waals surface area contributed by atoms with Crippen LogP contribution in [0.3, 0.4) is 0 Å². The number of rotatable bonds is 3. The molecule has 0 atom stereocenters. The van der Waals surface area contributed by atoms with Crippen LogP contribution in [0.25, 0.3) is 0 Å². The number of aromatic carboxylic acids is 1. The molecular formula is C10H12NO4-. The van der Waals surface area contributed by atoms with Gasteiger partial charge in [0.15, 0.2) is 0 Å². The summed E-state index contributed by atoms with van der Waals surface area (Å²) in [6.07, 6.45) is 0.706. The van der Waals surface area contributed by atoms with Crippen LogP contribution < -0.4 is 10.7 Å². The van der Waals surface area contributed by atoms with Gasteiger partial charge in [-0.3, -0.25) is 4.79 Å². The minimum Gasteiger partial charge on any atom is -0.872 e. The van der Waals surface area contributed by atoms with Gasteiger partial charge in [-0.2, -0.15) is 0 Å². The van der Waals surface area contributed by atoms with E-state index in [-0.39, 0.29) is 0 Å². The zero-order valence-corrected chi connectivity index (χ0v) is 8.61. The normalized spacial score (nSPS) is 10.3. The van der Waals surface area contributed by atoms with Crippen molar-refractivity contribution in [1.29, 1.82) is 0 Å². The summed E-state index contributed by atoms with van der Waals surface area (Å²) in [5.41, 5.74) is -0.889. The van der Waals surface area contributed by atoms with Crippen LogP contribution in [0.15, 0.2) is 10.9 Å². The van der Waals surface area contributed by atoms with Crippen molar-refractivity contribution in [2.24, 2.45) is 0 Å². The van der Waals surface area contributed by atoms with Gasteiger partial charge in [-0.25, -0.2) is 4.79 Å². The minimum atomic E-state index is -1.46. The van der Waals surface area contributed by atoms with Crippen molar-refractivity contribution in [1.82, 2.24) is 4.57 Å². The lowest BCUT2D eigenvalue weighted by molar-refractivity contribution is -0.269. The summed E-state index contributed by atoms with van der Waals surface area (Å²) in [7, 11) is 0. The van der Waals surface area contributed by atoms with Gasteiger partial charge < -0.3 is 14.8 Å². The Balaban J connectivity index is 3.49. The smallest absolute Gasteiger partial charge is 0.340 e. The predicted octanol–water partition coefficient (Wildman–Crippen LogP) is 0.339. The zero-order chi connectivity index (χ0) is 11.6. The topological polar surface area (TPSA) is 82.4 Å². The summed E-state index contributed by atoms with van der Waals surface area (Å²) < 4.78 is 1.31. The Hall–Kier alpha value is -1.78. The number of aromatic nitrogens is 1. The fourth-order valence-electron chi connectivity index (χ4n) is 1.44. The second-order valence-electron chi connectivity index (χ2n) is 3.29. The van der Waals surface area contributed by atoms with Crippen molar-refractivity contribution in [2.75, 3.05) is 0 Å². The first-order valence-electron chi connectivity index (χ1n) is 4.63. The molecule has 1 heterocycles. The summed E-state index contributed by atoms with van der Waals surface area (Å²) >= 11 is 0. The molecule has 0 amide bonds. The van der Waals surface area contributed by atoms with Crippen molar-refractivity contribution >= 4 is 5.97 Å². The number of carbonyl (C=O) groups is 1. The van der Waals surface area contributed by atoms with E-state index in [4.69, 9.17) is 5.11 Å². The Morgan fingerprint density at radius 1 is 1.60 bits per heavy atom. The number of hydrogen-bond donors (Lipinski definition) is 1. The molecule has 5 heteroatoms. The Kier molecular flexibility index (Phi) is 3.14. The van der Waals surface area contributed by atoms with Gasteiger partial charge in [-0.15, -0.1) is 0 Å². The molecule has 0 spiro atoms. The van der Waals surface area contributed by atoms with Crippen LogP contribution >= 0.6 is 0 Å². The first kappa shape index (κ1) is 11.3. The molecule has 1 aromatic rings. The third-order valence-corrected chi connectivity index (χ3v) is 2.13. The average Bonchev–Trinajstić information content (AvgIpc) is 2.11. The van der Waals surface area contributed by atoms with E-state index in [9.17, 15) is 14.7 Å². The van der Waals surface area contributed by atoms with Gasteiger partial charge >= 0.3 is 5.97 Å². The van der Waals surface area contributed by atoms with E-state index < -0.39 is 22.8 Å². The maximum Gasteiger partial charge on any atom is 0.340 e. The van der Waals surface area contributed by atoms with Crippen molar-refractivity contribution in [2.45, 2.75) is 26.8 Å².